The molecule has 1 aliphatic rings. The number of amides is 1. The summed E-state index contributed by atoms with van der Waals surface area (Å²) in [7, 11) is -1.68. The first-order chi connectivity index (χ1) is 13.7. The maximum atomic E-state index is 13.5. The first-order valence-corrected chi connectivity index (χ1v) is 10.7. The highest BCUT2D eigenvalue weighted by molar-refractivity contribution is 7.90. The van der Waals surface area contributed by atoms with Crippen LogP contribution in [0.3, 0.4) is 0 Å². The highest BCUT2D eigenvalue weighted by atomic mass is 32.2. The van der Waals surface area contributed by atoms with Crippen LogP contribution in [-0.4, -0.2) is 20.7 Å². The Balaban J connectivity index is 2.02. The van der Waals surface area contributed by atoms with Crippen molar-refractivity contribution in [2.75, 3.05) is 5.32 Å². The van der Waals surface area contributed by atoms with Crippen molar-refractivity contribution in [1.29, 1.82) is 10.0 Å². The molecule has 0 saturated heterocycles. The predicted octanol–water partition coefficient (Wildman–Crippen LogP) is 3.64. The minimum atomic E-state index is -3.31. The van der Waals surface area contributed by atoms with Gasteiger partial charge in [-0.25, -0.2) is 18.1 Å². The van der Waals surface area contributed by atoms with Crippen LogP contribution < -0.4 is 10.0 Å². The van der Waals surface area contributed by atoms with E-state index in [2.05, 4.69) is 10.0 Å². The average molecular weight is 415 g/mol. The second-order valence-corrected chi connectivity index (χ2v) is 8.86. The standard InChI is InChI=1S/C20H22FN5O2S/c1-4-12(2)17-8-6-15-18(29(23,28)25-17)11-26(3)19(15)20(27)24-14-5-7-16(21)13(9-14)10-22/h5-9,11-12,17H,4H2,1-3H3,(H,24,27)(H2,23,25,28)/t12-,17+,29?/m0/s1. The summed E-state index contributed by atoms with van der Waals surface area (Å²) in [5.41, 5.74) is 0.725. The number of fused-ring (bicyclic) bond motifs is 1. The van der Waals surface area contributed by atoms with Crippen molar-refractivity contribution in [2.24, 2.45) is 13.0 Å². The van der Waals surface area contributed by atoms with Gasteiger partial charge in [0, 0.05) is 30.5 Å². The van der Waals surface area contributed by atoms with Gasteiger partial charge in [-0.05, 0) is 24.1 Å². The molecule has 1 amide bonds. The van der Waals surface area contributed by atoms with Crippen LogP contribution in [-0.2, 0) is 17.0 Å². The maximum Gasteiger partial charge on any atom is 0.272 e. The monoisotopic (exact) mass is 415 g/mol. The van der Waals surface area contributed by atoms with Gasteiger partial charge in [0.25, 0.3) is 5.91 Å². The fourth-order valence-electron chi connectivity index (χ4n) is 3.22. The molecule has 3 N–H and O–H groups in total. The Bertz CT molecular complexity index is 1140. The second kappa shape index (κ2) is 7.81. The van der Waals surface area contributed by atoms with Crippen LogP contribution in [0.15, 0.2) is 35.4 Å². The average Bonchev–Trinajstić information content (AvgIpc) is 2.96. The number of anilines is 1. The molecule has 3 atom stereocenters. The number of aryl methyl sites for hydroxylation is 1. The fourth-order valence-corrected chi connectivity index (χ4v) is 4.82. The molecule has 0 radical (unpaired) electrons. The zero-order valence-electron chi connectivity index (χ0n) is 16.3. The summed E-state index contributed by atoms with van der Waals surface area (Å²) in [6.45, 7) is 4.02. The molecule has 1 aliphatic heterocycles. The molecule has 0 saturated carbocycles. The van der Waals surface area contributed by atoms with Crippen molar-refractivity contribution in [3.05, 3.63) is 53.1 Å². The Morgan fingerprint density at radius 1 is 1.52 bits per heavy atom. The Morgan fingerprint density at radius 2 is 2.24 bits per heavy atom. The number of carbonyl (C=O) groups is 1. The molecule has 2 aromatic rings. The van der Waals surface area contributed by atoms with Crippen molar-refractivity contribution in [1.82, 2.24) is 9.29 Å². The summed E-state index contributed by atoms with van der Waals surface area (Å²) in [6.07, 6.45) is 5.91. The third-order valence-electron chi connectivity index (χ3n) is 5.08. The van der Waals surface area contributed by atoms with Gasteiger partial charge in [0.05, 0.1) is 10.5 Å². The van der Waals surface area contributed by atoms with Crippen LogP contribution in [0.2, 0.25) is 0 Å². The number of hydrogen-bond acceptors (Lipinski definition) is 4. The molecule has 3 rings (SSSR count). The maximum absolute atomic E-state index is 13.5. The highest BCUT2D eigenvalue weighted by Crippen LogP contribution is 2.29. The van der Waals surface area contributed by atoms with Gasteiger partial charge in [0.2, 0.25) is 0 Å². The van der Waals surface area contributed by atoms with Crippen LogP contribution in [0.25, 0.3) is 6.08 Å². The molecule has 152 valence electrons. The van der Waals surface area contributed by atoms with Crippen LogP contribution in [0.5, 0.6) is 0 Å². The van der Waals surface area contributed by atoms with E-state index in [1.54, 1.807) is 19.2 Å². The lowest BCUT2D eigenvalue weighted by Crippen LogP contribution is -2.36. The predicted molar refractivity (Wildman–Crippen MR) is 109 cm³/mol. The number of nitrogens with one attached hydrogen (secondary N) is 3. The molecule has 1 aromatic carbocycles. The van der Waals surface area contributed by atoms with E-state index in [-0.39, 0.29) is 33.8 Å². The second-order valence-electron chi connectivity index (χ2n) is 7.07. The van der Waals surface area contributed by atoms with Crippen molar-refractivity contribution >= 4 is 27.6 Å². The molecule has 9 heteroatoms. The van der Waals surface area contributed by atoms with Gasteiger partial charge < -0.3 is 9.88 Å². The molecule has 2 heterocycles. The van der Waals surface area contributed by atoms with Gasteiger partial charge in [-0.15, -0.1) is 0 Å². The molecule has 0 fully saturated rings. The van der Waals surface area contributed by atoms with E-state index in [9.17, 15) is 13.4 Å². The van der Waals surface area contributed by atoms with E-state index < -0.39 is 21.6 Å². The summed E-state index contributed by atoms with van der Waals surface area (Å²) in [5.74, 6) is -1.01. The summed E-state index contributed by atoms with van der Waals surface area (Å²) < 4.78 is 39.3. The number of nitriles is 1. The molecule has 29 heavy (non-hydrogen) atoms. The van der Waals surface area contributed by atoms with E-state index in [1.165, 1.54) is 22.9 Å². The lowest BCUT2D eigenvalue weighted by molar-refractivity contribution is 0.101. The van der Waals surface area contributed by atoms with Gasteiger partial charge in [0.1, 0.15) is 27.5 Å². The van der Waals surface area contributed by atoms with Crippen molar-refractivity contribution < 1.29 is 13.4 Å². The Labute approximate surface area is 169 Å². The minimum Gasteiger partial charge on any atom is -0.345 e. The molecule has 0 bridgehead atoms. The summed E-state index contributed by atoms with van der Waals surface area (Å²) in [4.78, 5) is 13.2. The smallest absolute Gasteiger partial charge is 0.272 e. The zero-order chi connectivity index (χ0) is 21.3. The largest absolute Gasteiger partial charge is 0.345 e. The quantitative estimate of drug-likeness (QED) is 0.709. The summed E-state index contributed by atoms with van der Waals surface area (Å²) >= 11 is 0. The molecular formula is C20H22FN5O2S. The third kappa shape index (κ3) is 3.95. The van der Waals surface area contributed by atoms with Gasteiger partial charge >= 0.3 is 0 Å². The number of carbonyl (C=O) groups excluding carboxylic acids is 1. The summed E-state index contributed by atoms with van der Waals surface area (Å²) in [5, 5.41) is 11.6. The number of aromatic nitrogens is 1. The molecular weight excluding hydrogens is 393 g/mol. The number of hydrogen-bond donors (Lipinski definition) is 3. The minimum absolute atomic E-state index is 0.163. The Hall–Kier alpha value is -2.96. The molecule has 0 spiro atoms. The first-order valence-electron chi connectivity index (χ1n) is 9.12. The fraction of sp³-hybridized carbons (Fsp3) is 0.300. The van der Waals surface area contributed by atoms with Crippen LogP contribution in [0.1, 0.15) is 41.9 Å². The van der Waals surface area contributed by atoms with Crippen LogP contribution in [0.4, 0.5) is 10.1 Å². The lowest BCUT2D eigenvalue weighted by Gasteiger charge is -2.20. The third-order valence-corrected chi connectivity index (χ3v) is 6.63. The van der Waals surface area contributed by atoms with E-state index in [1.807, 2.05) is 19.9 Å². The zero-order valence-corrected chi connectivity index (χ0v) is 17.1. The van der Waals surface area contributed by atoms with E-state index in [0.29, 0.717) is 5.56 Å². The molecule has 1 unspecified atom stereocenters. The number of nitrogens with zero attached hydrogens (tertiary/aromatic N) is 2. The Kier molecular flexibility index (Phi) is 5.59. The van der Waals surface area contributed by atoms with E-state index in [4.69, 9.17) is 10.0 Å². The van der Waals surface area contributed by atoms with Crippen molar-refractivity contribution in [3.63, 3.8) is 0 Å². The van der Waals surface area contributed by atoms with E-state index >= 15 is 0 Å². The lowest BCUT2D eigenvalue weighted by atomic mass is 9.99. The van der Waals surface area contributed by atoms with Crippen molar-refractivity contribution in [2.45, 2.75) is 31.2 Å². The van der Waals surface area contributed by atoms with Gasteiger partial charge in [-0.2, -0.15) is 5.26 Å². The van der Waals surface area contributed by atoms with Crippen molar-refractivity contribution in [3.8, 4) is 6.07 Å². The molecule has 7 nitrogen and oxygen atoms in total. The normalized spacial score (nSPS) is 21.7. The van der Waals surface area contributed by atoms with Gasteiger partial charge in [-0.1, -0.05) is 32.4 Å². The van der Waals surface area contributed by atoms with Crippen LogP contribution in [0, 0.1) is 27.8 Å². The SMILES string of the molecule is CC[C@H](C)[C@H]1C=Cc2c(cn(C)c2C(=O)Nc2ccc(F)c(C#N)c2)S(=N)(=O)N1. The summed E-state index contributed by atoms with van der Waals surface area (Å²) in [6, 6.07) is 5.19. The van der Waals surface area contributed by atoms with Gasteiger partial charge in [0.15, 0.2) is 0 Å². The molecule has 0 aliphatic carbocycles. The van der Waals surface area contributed by atoms with Crippen LogP contribution >= 0.6 is 0 Å². The van der Waals surface area contributed by atoms with E-state index in [0.717, 1.165) is 12.5 Å². The number of benzene rings is 1. The highest BCUT2D eigenvalue weighted by Gasteiger charge is 2.29. The van der Waals surface area contributed by atoms with Gasteiger partial charge in [-0.3, -0.25) is 4.79 Å². The number of rotatable bonds is 4. The Morgan fingerprint density at radius 3 is 2.90 bits per heavy atom. The number of halogens is 1. The molecule has 1 aromatic heterocycles. The topological polar surface area (TPSA) is 111 Å². The first kappa shape index (κ1) is 20.8.